The highest BCUT2D eigenvalue weighted by molar-refractivity contribution is 6.01. The molecular weight excluding hydrogens is 316 g/mol. The molecule has 0 atom stereocenters. The zero-order valence-electron chi connectivity index (χ0n) is 14.8. The van der Waals surface area contributed by atoms with Gasteiger partial charge < -0.3 is 15.0 Å². The van der Waals surface area contributed by atoms with Gasteiger partial charge in [0.1, 0.15) is 5.75 Å². The van der Waals surface area contributed by atoms with Gasteiger partial charge in [-0.2, -0.15) is 5.10 Å². The number of methoxy groups -OCH3 is 1. The smallest absolute Gasteiger partial charge is 0.339 e. The van der Waals surface area contributed by atoms with Crippen molar-refractivity contribution < 1.29 is 9.53 Å². The summed E-state index contributed by atoms with van der Waals surface area (Å²) in [5, 5.41) is 7.04. The molecule has 2 amide bonds. The number of nitrogens with zero attached hydrogens (tertiary/aromatic N) is 2. The van der Waals surface area contributed by atoms with Crippen LogP contribution in [0.25, 0.3) is 0 Å². The molecule has 0 aliphatic carbocycles. The molecule has 0 bridgehead atoms. The van der Waals surface area contributed by atoms with Gasteiger partial charge in [0.15, 0.2) is 0 Å². The molecule has 0 heterocycles. The van der Waals surface area contributed by atoms with E-state index in [1.807, 2.05) is 44.4 Å². The molecule has 0 fully saturated rings. The van der Waals surface area contributed by atoms with Gasteiger partial charge in [0.25, 0.3) is 0 Å². The van der Waals surface area contributed by atoms with Gasteiger partial charge in [-0.15, -0.1) is 0 Å². The maximum atomic E-state index is 12.1. The Kier molecular flexibility index (Phi) is 6.98. The third-order valence-corrected chi connectivity index (χ3v) is 3.54. The summed E-state index contributed by atoms with van der Waals surface area (Å²) in [7, 11) is 5.61. The minimum Gasteiger partial charge on any atom is -0.497 e. The third-order valence-electron chi connectivity index (χ3n) is 3.54. The lowest BCUT2D eigenvalue weighted by Gasteiger charge is -2.12. The Hall–Kier alpha value is -2.86. The maximum absolute atomic E-state index is 12.1. The number of hydrogen-bond acceptors (Lipinski definition) is 4. The van der Waals surface area contributed by atoms with Crippen molar-refractivity contribution in [2.24, 2.45) is 5.10 Å². The molecule has 0 saturated carbocycles. The maximum Gasteiger partial charge on any atom is 0.339 e. The van der Waals surface area contributed by atoms with Crippen LogP contribution in [0.5, 0.6) is 5.75 Å². The normalized spacial score (nSPS) is 11.3. The van der Waals surface area contributed by atoms with Gasteiger partial charge in [0.2, 0.25) is 0 Å². The average Bonchev–Trinajstić information content (AvgIpc) is 2.63. The molecule has 0 spiro atoms. The number of urea groups is 1. The van der Waals surface area contributed by atoms with E-state index in [4.69, 9.17) is 4.74 Å². The molecule has 0 aliphatic rings. The van der Waals surface area contributed by atoms with E-state index in [0.717, 1.165) is 30.0 Å². The molecule has 0 aromatic heterocycles. The van der Waals surface area contributed by atoms with Crippen LogP contribution in [-0.2, 0) is 0 Å². The number of carbonyl (C=O) groups excluding carboxylic acids is 1. The van der Waals surface area contributed by atoms with Crippen LogP contribution in [0.2, 0.25) is 0 Å². The van der Waals surface area contributed by atoms with Crippen molar-refractivity contribution in [2.75, 3.05) is 33.1 Å². The first kappa shape index (κ1) is 18.5. The summed E-state index contributed by atoms with van der Waals surface area (Å²) >= 11 is 0. The van der Waals surface area contributed by atoms with Crippen LogP contribution in [0.4, 0.5) is 10.5 Å². The second-order valence-corrected chi connectivity index (χ2v) is 5.77. The number of rotatable bonds is 7. The summed E-state index contributed by atoms with van der Waals surface area (Å²) in [5.41, 5.74) is 5.07. The molecule has 2 aromatic carbocycles. The molecule has 6 heteroatoms. The Morgan fingerprint density at radius 1 is 1.08 bits per heavy atom. The molecule has 132 valence electrons. The zero-order valence-corrected chi connectivity index (χ0v) is 14.8. The lowest BCUT2D eigenvalue weighted by molar-refractivity contribution is 0.252. The summed E-state index contributed by atoms with van der Waals surface area (Å²) in [6.45, 7) is 0.843. The van der Waals surface area contributed by atoms with E-state index in [2.05, 4.69) is 20.7 Å². The number of hydrogen-bond donors (Lipinski definition) is 2. The molecule has 6 nitrogen and oxygen atoms in total. The van der Waals surface area contributed by atoms with Crippen molar-refractivity contribution in [2.45, 2.75) is 6.42 Å². The number of benzene rings is 2. The van der Waals surface area contributed by atoms with Crippen molar-refractivity contribution in [1.29, 1.82) is 0 Å². The summed E-state index contributed by atoms with van der Waals surface area (Å²) in [4.78, 5) is 14.1. The fourth-order valence-corrected chi connectivity index (χ4v) is 2.18. The molecular formula is C19H24N4O2. The van der Waals surface area contributed by atoms with E-state index in [-0.39, 0.29) is 6.03 Å². The van der Waals surface area contributed by atoms with E-state index in [0.29, 0.717) is 5.69 Å². The van der Waals surface area contributed by atoms with Crippen LogP contribution in [0.15, 0.2) is 59.7 Å². The summed E-state index contributed by atoms with van der Waals surface area (Å²) in [5.74, 6) is 0.735. The number of ether oxygens (including phenoxy) is 1. The molecule has 0 unspecified atom stereocenters. The zero-order chi connectivity index (χ0) is 18.1. The van der Waals surface area contributed by atoms with Gasteiger partial charge >= 0.3 is 6.03 Å². The molecule has 0 saturated heterocycles. The van der Waals surface area contributed by atoms with Crippen LogP contribution < -0.4 is 15.5 Å². The lowest BCUT2D eigenvalue weighted by atomic mass is 10.1. The van der Waals surface area contributed by atoms with Crippen molar-refractivity contribution in [3.8, 4) is 5.75 Å². The highest BCUT2D eigenvalue weighted by Crippen LogP contribution is 2.14. The topological polar surface area (TPSA) is 66.0 Å². The SMILES string of the molecule is COc1ccc(NC(=O)N/N=C(/CCN(C)C)c2ccccc2)cc1. The van der Waals surface area contributed by atoms with Gasteiger partial charge in [-0.05, 0) is 43.9 Å². The van der Waals surface area contributed by atoms with E-state index in [9.17, 15) is 4.79 Å². The quantitative estimate of drug-likeness (QED) is 0.601. The predicted molar refractivity (Wildman–Crippen MR) is 101 cm³/mol. The van der Waals surface area contributed by atoms with Gasteiger partial charge in [0, 0.05) is 18.7 Å². The van der Waals surface area contributed by atoms with E-state index in [1.54, 1.807) is 31.4 Å². The van der Waals surface area contributed by atoms with E-state index < -0.39 is 0 Å². The highest BCUT2D eigenvalue weighted by atomic mass is 16.5. The monoisotopic (exact) mass is 340 g/mol. The van der Waals surface area contributed by atoms with Gasteiger partial charge in [-0.25, -0.2) is 10.2 Å². The Labute approximate surface area is 148 Å². The van der Waals surface area contributed by atoms with Crippen LogP contribution in [0.3, 0.4) is 0 Å². The first-order valence-corrected chi connectivity index (χ1v) is 8.06. The molecule has 0 aliphatic heterocycles. The van der Waals surface area contributed by atoms with Gasteiger partial charge in [0.05, 0.1) is 12.8 Å². The summed E-state index contributed by atoms with van der Waals surface area (Å²) < 4.78 is 5.09. The first-order valence-electron chi connectivity index (χ1n) is 8.06. The first-order chi connectivity index (χ1) is 12.1. The second kappa shape index (κ2) is 9.44. The number of nitrogens with one attached hydrogen (secondary N) is 2. The van der Waals surface area contributed by atoms with Crippen LogP contribution in [0.1, 0.15) is 12.0 Å². The van der Waals surface area contributed by atoms with Gasteiger partial charge in [-0.3, -0.25) is 0 Å². The highest BCUT2D eigenvalue weighted by Gasteiger charge is 2.06. The number of amides is 2. The Morgan fingerprint density at radius 2 is 1.76 bits per heavy atom. The standard InChI is InChI=1S/C19H24N4O2/c1-23(2)14-13-18(15-7-5-4-6-8-15)21-22-19(24)20-16-9-11-17(25-3)12-10-16/h4-12H,13-14H2,1-3H3,(H2,20,22,24)/b21-18-. The van der Waals surface area contributed by atoms with Crippen molar-refractivity contribution in [3.63, 3.8) is 0 Å². The molecule has 0 radical (unpaired) electrons. The van der Waals surface area contributed by atoms with Crippen molar-refractivity contribution in [3.05, 3.63) is 60.2 Å². The molecule has 2 rings (SSSR count). The van der Waals surface area contributed by atoms with Crippen molar-refractivity contribution >= 4 is 17.4 Å². The lowest BCUT2D eigenvalue weighted by Crippen LogP contribution is -2.26. The predicted octanol–water partition coefficient (Wildman–Crippen LogP) is 3.17. The third kappa shape index (κ3) is 6.27. The Bertz CT molecular complexity index is 697. The minimum absolute atomic E-state index is 0.386. The van der Waals surface area contributed by atoms with E-state index >= 15 is 0 Å². The largest absolute Gasteiger partial charge is 0.497 e. The molecule has 2 N–H and O–H groups in total. The minimum atomic E-state index is -0.386. The van der Waals surface area contributed by atoms with Crippen LogP contribution in [0, 0.1) is 0 Å². The number of anilines is 1. The fourth-order valence-electron chi connectivity index (χ4n) is 2.18. The van der Waals surface area contributed by atoms with Gasteiger partial charge in [-0.1, -0.05) is 30.3 Å². The number of hydrazone groups is 1. The van der Waals surface area contributed by atoms with Crippen LogP contribution in [-0.4, -0.2) is 44.4 Å². The Morgan fingerprint density at radius 3 is 2.36 bits per heavy atom. The number of carbonyl (C=O) groups is 1. The molecule has 25 heavy (non-hydrogen) atoms. The average molecular weight is 340 g/mol. The van der Waals surface area contributed by atoms with Crippen molar-refractivity contribution in [1.82, 2.24) is 10.3 Å². The Balaban J connectivity index is 2.01. The summed E-state index contributed by atoms with van der Waals surface area (Å²) in [6.07, 6.45) is 0.736. The second-order valence-electron chi connectivity index (χ2n) is 5.77. The summed E-state index contributed by atoms with van der Waals surface area (Å²) in [6, 6.07) is 16.6. The van der Waals surface area contributed by atoms with Crippen LogP contribution >= 0.6 is 0 Å². The molecule has 2 aromatic rings. The fraction of sp³-hybridized carbons (Fsp3) is 0.263. The van der Waals surface area contributed by atoms with E-state index in [1.165, 1.54) is 0 Å².